The van der Waals surface area contributed by atoms with Crippen molar-refractivity contribution in [3.05, 3.63) is 81.6 Å². The molecule has 0 heterocycles. The van der Waals surface area contributed by atoms with Gasteiger partial charge in [-0.15, -0.1) is 0 Å². The Morgan fingerprint density at radius 3 is 2.42 bits per heavy atom. The Bertz CT molecular complexity index is 1020. The van der Waals surface area contributed by atoms with Gasteiger partial charge in [0.2, 0.25) is 0 Å². The maximum absolute atomic E-state index is 15.2. The lowest BCUT2D eigenvalue weighted by molar-refractivity contribution is 0.576. The van der Waals surface area contributed by atoms with Crippen molar-refractivity contribution in [2.75, 3.05) is 0 Å². The van der Waals surface area contributed by atoms with Gasteiger partial charge < -0.3 is 0 Å². The van der Waals surface area contributed by atoms with Gasteiger partial charge in [0.1, 0.15) is 17.5 Å². The molecule has 0 unspecified atom stereocenters. The van der Waals surface area contributed by atoms with Crippen molar-refractivity contribution in [1.82, 2.24) is 0 Å². The summed E-state index contributed by atoms with van der Waals surface area (Å²) in [6.07, 6.45) is 2.11. The van der Waals surface area contributed by atoms with Crippen LogP contribution in [-0.4, -0.2) is 0 Å². The van der Waals surface area contributed by atoms with Crippen LogP contribution in [0.15, 0.2) is 42.5 Å². The fourth-order valence-electron chi connectivity index (χ4n) is 3.66. The molecule has 1 aliphatic rings. The number of fused-ring (bicyclic) bond motifs is 3. The second kappa shape index (κ2) is 6.48. The Labute approximate surface area is 155 Å². The van der Waals surface area contributed by atoms with Crippen molar-refractivity contribution >= 4 is 11.6 Å². The summed E-state index contributed by atoms with van der Waals surface area (Å²) in [7, 11) is 0. The fourth-order valence-corrected chi connectivity index (χ4v) is 3.77. The average molecular weight is 373 g/mol. The first-order chi connectivity index (χ1) is 12.5. The van der Waals surface area contributed by atoms with Gasteiger partial charge in [-0.2, -0.15) is 0 Å². The highest BCUT2D eigenvalue weighted by Crippen LogP contribution is 2.40. The third-order valence-electron chi connectivity index (χ3n) is 5.04. The Hall–Kier alpha value is -2.26. The van der Waals surface area contributed by atoms with Gasteiger partial charge >= 0.3 is 0 Å². The normalized spacial score (nSPS) is 12.7. The largest absolute Gasteiger partial charge is 0.206 e. The van der Waals surface area contributed by atoms with Crippen LogP contribution in [0.3, 0.4) is 0 Å². The lowest BCUT2D eigenvalue weighted by Gasteiger charge is -2.23. The maximum Gasteiger partial charge on any atom is 0.142 e. The van der Waals surface area contributed by atoms with Crippen molar-refractivity contribution in [3.8, 4) is 22.3 Å². The Morgan fingerprint density at radius 2 is 1.69 bits per heavy atom. The molecule has 0 nitrogen and oxygen atoms in total. The molecule has 0 aliphatic heterocycles. The number of rotatable bonds is 2. The van der Waals surface area contributed by atoms with Gasteiger partial charge in [-0.3, -0.25) is 0 Å². The second-order valence-corrected chi connectivity index (χ2v) is 6.95. The molecular formula is C22H16ClF3. The van der Waals surface area contributed by atoms with Crippen LogP contribution in [-0.2, 0) is 19.3 Å². The first-order valence-electron chi connectivity index (χ1n) is 8.58. The summed E-state index contributed by atoms with van der Waals surface area (Å²) in [5.41, 5.74) is 4.21. The zero-order chi connectivity index (χ0) is 18.4. The minimum absolute atomic E-state index is 0.0758. The molecule has 26 heavy (non-hydrogen) atoms. The zero-order valence-electron chi connectivity index (χ0n) is 14.2. The first kappa shape index (κ1) is 17.2. The average Bonchev–Trinajstić information content (AvgIpc) is 2.64. The van der Waals surface area contributed by atoms with Crippen molar-refractivity contribution in [3.63, 3.8) is 0 Å². The SMILES string of the molecule is CCc1ccc2c(c1)CCc1c-2cc(F)c(-c2ccc(Cl)c(F)c2)c1F. The Kier molecular flexibility index (Phi) is 4.28. The standard InChI is InChI=1S/C22H16ClF3/c1-2-12-3-6-15-13(9-12)4-7-16-17(15)11-20(25)21(22(16)26)14-5-8-18(23)19(24)10-14/h3,5-6,8-11H,2,4,7H2,1H3. The highest BCUT2D eigenvalue weighted by atomic mass is 35.5. The van der Waals surface area contributed by atoms with Crippen LogP contribution in [0.5, 0.6) is 0 Å². The van der Waals surface area contributed by atoms with E-state index in [-0.39, 0.29) is 16.1 Å². The quantitative estimate of drug-likeness (QED) is 0.466. The number of hydrogen-bond donors (Lipinski definition) is 0. The van der Waals surface area contributed by atoms with Crippen LogP contribution in [0, 0.1) is 17.5 Å². The summed E-state index contributed by atoms with van der Waals surface area (Å²) >= 11 is 5.68. The highest BCUT2D eigenvalue weighted by Gasteiger charge is 2.25. The second-order valence-electron chi connectivity index (χ2n) is 6.55. The predicted octanol–water partition coefficient (Wildman–Crippen LogP) is 6.75. The first-order valence-corrected chi connectivity index (χ1v) is 8.96. The van der Waals surface area contributed by atoms with Gasteiger partial charge in [-0.05, 0) is 70.8 Å². The lowest BCUT2D eigenvalue weighted by atomic mass is 9.82. The molecule has 0 amide bonds. The van der Waals surface area contributed by atoms with E-state index in [1.807, 2.05) is 12.1 Å². The third kappa shape index (κ3) is 2.71. The lowest BCUT2D eigenvalue weighted by Crippen LogP contribution is -2.09. The van der Waals surface area contributed by atoms with Gasteiger partial charge in [0, 0.05) is 0 Å². The molecule has 0 bridgehead atoms. The smallest absolute Gasteiger partial charge is 0.142 e. The van der Waals surface area contributed by atoms with E-state index in [0.717, 1.165) is 23.6 Å². The van der Waals surface area contributed by atoms with Crippen LogP contribution in [0.4, 0.5) is 13.2 Å². The molecule has 4 rings (SSSR count). The van der Waals surface area contributed by atoms with Crippen LogP contribution in [0.2, 0.25) is 5.02 Å². The summed E-state index contributed by atoms with van der Waals surface area (Å²) in [6, 6.07) is 11.2. The maximum atomic E-state index is 15.2. The molecule has 0 radical (unpaired) electrons. The van der Waals surface area contributed by atoms with Gasteiger partial charge in [0.25, 0.3) is 0 Å². The third-order valence-corrected chi connectivity index (χ3v) is 5.35. The van der Waals surface area contributed by atoms with Gasteiger partial charge in [-0.25, -0.2) is 13.2 Å². The molecule has 0 saturated carbocycles. The van der Waals surface area contributed by atoms with Crippen LogP contribution in [0.25, 0.3) is 22.3 Å². The van der Waals surface area contributed by atoms with Crippen LogP contribution in [0.1, 0.15) is 23.6 Å². The van der Waals surface area contributed by atoms with Crippen molar-refractivity contribution in [2.45, 2.75) is 26.2 Å². The van der Waals surface area contributed by atoms with Crippen molar-refractivity contribution in [1.29, 1.82) is 0 Å². The van der Waals surface area contributed by atoms with E-state index >= 15 is 4.39 Å². The van der Waals surface area contributed by atoms with Crippen LogP contribution < -0.4 is 0 Å². The molecule has 0 saturated heterocycles. The predicted molar refractivity (Wildman–Crippen MR) is 99.0 cm³/mol. The van der Waals surface area contributed by atoms with E-state index in [0.29, 0.717) is 24.0 Å². The topological polar surface area (TPSA) is 0 Å². The number of benzene rings is 3. The van der Waals surface area contributed by atoms with E-state index in [1.165, 1.54) is 23.8 Å². The molecule has 0 atom stereocenters. The minimum Gasteiger partial charge on any atom is -0.206 e. The van der Waals surface area contributed by atoms with Gasteiger partial charge in [0.15, 0.2) is 0 Å². The summed E-state index contributed by atoms with van der Waals surface area (Å²) in [5.74, 6) is -2.01. The van der Waals surface area contributed by atoms with Crippen LogP contribution >= 0.6 is 11.6 Å². The summed E-state index contributed by atoms with van der Waals surface area (Å²) in [4.78, 5) is 0. The number of halogens is 4. The van der Waals surface area contributed by atoms with E-state index in [1.54, 1.807) is 0 Å². The Morgan fingerprint density at radius 1 is 0.885 bits per heavy atom. The summed E-state index contributed by atoms with van der Waals surface area (Å²) in [6.45, 7) is 2.08. The molecule has 1 aliphatic carbocycles. The summed E-state index contributed by atoms with van der Waals surface area (Å²) < 4.78 is 43.7. The van der Waals surface area contributed by atoms with E-state index in [9.17, 15) is 8.78 Å². The van der Waals surface area contributed by atoms with Gasteiger partial charge in [0.05, 0.1) is 10.6 Å². The monoisotopic (exact) mass is 372 g/mol. The molecule has 0 fully saturated rings. The number of aryl methyl sites for hydroxylation is 2. The molecule has 132 valence electrons. The molecule has 3 aromatic rings. The zero-order valence-corrected chi connectivity index (χ0v) is 14.9. The Balaban J connectivity index is 1.90. The molecule has 4 heteroatoms. The van der Waals surface area contributed by atoms with Gasteiger partial charge in [-0.1, -0.05) is 42.8 Å². The molecule has 0 aromatic heterocycles. The number of hydrogen-bond acceptors (Lipinski definition) is 0. The summed E-state index contributed by atoms with van der Waals surface area (Å²) in [5, 5.41) is -0.0758. The molecule has 3 aromatic carbocycles. The van der Waals surface area contributed by atoms with Crippen molar-refractivity contribution in [2.24, 2.45) is 0 Å². The van der Waals surface area contributed by atoms with E-state index < -0.39 is 17.5 Å². The molecular weight excluding hydrogens is 357 g/mol. The highest BCUT2D eigenvalue weighted by molar-refractivity contribution is 6.30. The fraction of sp³-hybridized carbons (Fsp3) is 0.182. The molecule has 0 N–H and O–H groups in total. The van der Waals surface area contributed by atoms with E-state index in [4.69, 9.17) is 11.6 Å². The van der Waals surface area contributed by atoms with E-state index in [2.05, 4.69) is 13.0 Å². The molecule has 0 spiro atoms. The van der Waals surface area contributed by atoms with Crippen molar-refractivity contribution < 1.29 is 13.2 Å². The minimum atomic E-state index is -0.699.